The van der Waals surface area contributed by atoms with Gasteiger partial charge in [0.2, 0.25) is 5.91 Å². The Bertz CT molecular complexity index is 1150. The summed E-state index contributed by atoms with van der Waals surface area (Å²) in [5.41, 5.74) is 0. The maximum absolute atomic E-state index is 12.5. The molecular weight excluding hydrogens is 911 g/mol. The lowest BCUT2D eigenvalue weighted by atomic mass is 10.0. The SMILES string of the molecule is CCCCCCCCCCCCCCCC/C=C/C(O)C(CO)NC(=O)CCCCCCCCCCCCC/C=C\CCCCCCCCCCCCCCOC(=O)CCCCCCCCCCCCCCCC. The van der Waals surface area contributed by atoms with Crippen molar-refractivity contribution < 1.29 is 24.5 Å². The molecule has 1 amide bonds. The molecule has 6 nitrogen and oxygen atoms in total. The fourth-order valence-corrected chi connectivity index (χ4v) is 10.6. The van der Waals surface area contributed by atoms with Gasteiger partial charge in [-0.05, 0) is 57.8 Å². The predicted octanol–water partition coefficient (Wildman–Crippen LogP) is 21.4. The van der Waals surface area contributed by atoms with Crippen molar-refractivity contribution in [2.45, 2.75) is 386 Å². The van der Waals surface area contributed by atoms with E-state index in [4.69, 9.17) is 4.74 Å². The molecule has 0 aromatic carbocycles. The molecule has 0 fully saturated rings. The van der Waals surface area contributed by atoms with Crippen molar-refractivity contribution in [3.63, 3.8) is 0 Å². The Labute approximate surface area is 462 Å². The van der Waals surface area contributed by atoms with Gasteiger partial charge in [-0.1, -0.05) is 327 Å². The average molecular weight is 1040 g/mol. The number of unbranched alkanes of at least 4 members (excludes halogenated alkanes) is 50. The lowest BCUT2D eigenvalue weighted by Gasteiger charge is -2.20. The summed E-state index contributed by atoms with van der Waals surface area (Å²) in [5, 5.41) is 23.2. The van der Waals surface area contributed by atoms with Crippen LogP contribution in [0.3, 0.4) is 0 Å². The van der Waals surface area contributed by atoms with Gasteiger partial charge in [-0.15, -0.1) is 0 Å². The smallest absolute Gasteiger partial charge is 0.305 e. The van der Waals surface area contributed by atoms with E-state index in [1.807, 2.05) is 6.08 Å². The van der Waals surface area contributed by atoms with Crippen molar-refractivity contribution in [1.82, 2.24) is 5.32 Å². The zero-order chi connectivity index (χ0) is 53.6. The molecule has 0 spiro atoms. The Morgan fingerprint density at radius 1 is 0.365 bits per heavy atom. The molecule has 0 rings (SSSR count). The van der Waals surface area contributed by atoms with E-state index >= 15 is 0 Å². The summed E-state index contributed by atoms with van der Waals surface area (Å²) >= 11 is 0. The molecule has 0 radical (unpaired) electrons. The number of hydrogen-bond acceptors (Lipinski definition) is 5. The van der Waals surface area contributed by atoms with Crippen molar-refractivity contribution in [3.05, 3.63) is 24.3 Å². The van der Waals surface area contributed by atoms with Crippen molar-refractivity contribution in [3.8, 4) is 0 Å². The van der Waals surface area contributed by atoms with Gasteiger partial charge in [-0.3, -0.25) is 9.59 Å². The quantitative estimate of drug-likeness (QED) is 0.0320. The Morgan fingerprint density at radius 2 is 0.635 bits per heavy atom. The monoisotopic (exact) mass is 1040 g/mol. The first-order valence-electron chi connectivity index (χ1n) is 33.6. The van der Waals surface area contributed by atoms with Crippen LogP contribution in [0.4, 0.5) is 0 Å². The third-order valence-electron chi connectivity index (χ3n) is 15.7. The van der Waals surface area contributed by atoms with Gasteiger partial charge >= 0.3 is 5.97 Å². The van der Waals surface area contributed by atoms with E-state index in [1.165, 1.54) is 308 Å². The van der Waals surface area contributed by atoms with Crippen LogP contribution in [-0.2, 0) is 14.3 Å². The van der Waals surface area contributed by atoms with Crippen LogP contribution in [0.25, 0.3) is 0 Å². The van der Waals surface area contributed by atoms with Crippen molar-refractivity contribution in [2.24, 2.45) is 0 Å². The second-order valence-corrected chi connectivity index (χ2v) is 23.2. The summed E-state index contributed by atoms with van der Waals surface area (Å²) in [6.45, 7) is 4.93. The summed E-state index contributed by atoms with van der Waals surface area (Å²) in [5.74, 6) is -0.0488. The highest BCUT2D eigenvalue weighted by Crippen LogP contribution is 2.18. The molecule has 0 aromatic rings. The third-order valence-corrected chi connectivity index (χ3v) is 15.7. The van der Waals surface area contributed by atoms with Crippen molar-refractivity contribution in [2.75, 3.05) is 13.2 Å². The van der Waals surface area contributed by atoms with Crippen LogP contribution in [0.2, 0.25) is 0 Å². The number of amides is 1. The number of esters is 1. The minimum absolute atomic E-state index is 0.0175. The van der Waals surface area contributed by atoms with Gasteiger partial charge in [-0.2, -0.15) is 0 Å². The van der Waals surface area contributed by atoms with E-state index in [0.29, 0.717) is 19.4 Å². The highest BCUT2D eigenvalue weighted by Gasteiger charge is 2.18. The summed E-state index contributed by atoms with van der Waals surface area (Å²) in [6, 6.07) is -0.628. The Balaban J connectivity index is 3.39. The second-order valence-electron chi connectivity index (χ2n) is 23.2. The molecule has 438 valence electrons. The van der Waals surface area contributed by atoms with E-state index in [0.717, 1.165) is 38.5 Å². The fraction of sp³-hybridized carbons (Fsp3) is 0.912. The van der Waals surface area contributed by atoms with E-state index in [1.54, 1.807) is 6.08 Å². The molecule has 0 saturated carbocycles. The summed E-state index contributed by atoms with van der Waals surface area (Å²) < 4.78 is 5.49. The first-order chi connectivity index (χ1) is 36.5. The number of allylic oxidation sites excluding steroid dienone is 3. The molecule has 0 aliphatic carbocycles. The topological polar surface area (TPSA) is 95.9 Å². The lowest BCUT2D eigenvalue weighted by Crippen LogP contribution is -2.45. The number of hydrogen-bond donors (Lipinski definition) is 3. The number of ether oxygens (including phenoxy) is 1. The van der Waals surface area contributed by atoms with Crippen LogP contribution in [0.15, 0.2) is 24.3 Å². The molecule has 0 aliphatic rings. The third kappa shape index (κ3) is 59.6. The molecule has 0 heterocycles. The molecule has 6 heteroatoms. The van der Waals surface area contributed by atoms with Gasteiger partial charge in [0.1, 0.15) is 0 Å². The summed E-state index contributed by atoms with van der Waals surface area (Å²) in [7, 11) is 0. The fourth-order valence-electron chi connectivity index (χ4n) is 10.6. The number of rotatable bonds is 63. The summed E-state index contributed by atoms with van der Waals surface area (Å²) in [4.78, 5) is 24.5. The number of carbonyl (C=O) groups excluding carboxylic acids is 2. The van der Waals surface area contributed by atoms with Gasteiger partial charge in [0.05, 0.1) is 25.4 Å². The van der Waals surface area contributed by atoms with E-state index in [-0.39, 0.29) is 18.5 Å². The average Bonchev–Trinajstić information content (AvgIpc) is 3.40. The van der Waals surface area contributed by atoms with Crippen LogP contribution in [0.1, 0.15) is 373 Å². The van der Waals surface area contributed by atoms with Crippen LogP contribution >= 0.6 is 0 Å². The molecule has 0 aliphatic heterocycles. The van der Waals surface area contributed by atoms with Gasteiger partial charge < -0.3 is 20.3 Å². The standard InChI is InChI=1S/C68H131NO5/c1-3-5-7-9-11-13-15-17-19-33-36-40-44-48-52-56-60-66(71)65(64-70)69-67(72)61-57-53-49-45-41-37-34-31-29-27-25-23-21-20-22-24-26-28-30-32-35-39-43-47-51-55-59-63-74-68(73)62-58-54-50-46-42-38-18-16-14-12-10-8-6-4-2/h20-21,56,60,65-66,70-71H,3-19,22-55,57-59,61-64H2,1-2H3,(H,69,72)/b21-20-,60-56+. The van der Waals surface area contributed by atoms with E-state index in [9.17, 15) is 19.8 Å². The minimum atomic E-state index is -0.845. The number of carbonyl (C=O) groups is 2. The number of aliphatic hydroxyl groups is 2. The maximum Gasteiger partial charge on any atom is 0.305 e. The van der Waals surface area contributed by atoms with Crippen LogP contribution < -0.4 is 5.32 Å². The highest BCUT2D eigenvalue weighted by atomic mass is 16.5. The molecule has 0 aromatic heterocycles. The number of nitrogens with one attached hydrogen (secondary N) is 1. The Hall–Kier alpha value is -1.66. The predicted molar refractivity (Wildman–Crippen MR) is 324 cm³/mol. The molecule has 2 unspecified atom stereocenters. The molecule has 0 bridgehead atoms. The zero-order valence-corrected chi connectivity index (χ0v) is 50.1. The Morgan fingerprint density at radius 3 is 0.959 bits per heavy atom. The van der Waals surface area contributed by atoms with Crippen LogP contribution in [0, 0.1) is 0 Å². The minimum Gasteiger partial charge on any atom is -0.466 e. The van der Waals surface area contributed by atoms with Gasteiger partial charge in [0.25, 0.3) is 0 Å². The number of aliphatic hydroxyl groups excluding tert-OH is 2. The van der Waals surface area contributed by atoms with Crippen LogP contribution in [-0.4, -0.2) is 47.4 Å². The highest BCUT2D eigenvalue weighted by molar-refractivity contribution is 5.76. The van der Waals surface area contributed by atoms with E-state index < -0.39 is 12.1 Å². The first-order valence-corrected chi connectivity index (χ1v) is 33.6. The molecule has 2 atom stereocenters. The zero-order valence-electron chi connectivity index (χ0n) is 50.1. The normalized spacial score (nSPS) is 12.6. The summed E-state index contributed by atoms with van der Waals surface area (Å²) in [6.07, 6.45) is 79.5. The van der Waals surface area contributed by atoms with Gasteiger partial charge in [0.15, 0.2) is 0 Å². The Kier molecular flexibility index (Phi) is 62.4. The largest absolute Gasteiger partial charge is 0.466 e. The molecule has 0 saturated heterocycles. The van der Waals surface area contributed by atoms with Crippen LogP contribution in [0.5, 0.6) is 0 Å². The van der Waals surface area contributed by atoms with Crippen molar-refractivity contribution >= 4 is 11.9 Å². The van der Waals surface area contributed by atoms with E-state index in [2.05, 4.69) is 31.3 Å². The first kappa shape index (κ1) is 72.3. The lowest BCUT2D eigenvalue weighted by molar-refractivity contribution is -0.143. The molecule has 3 N–H and O–H groups in total. The second kappa shape index (κ2) is 63.9. The molecule has 74 heavy (non-hydrogen) atoms. The molecular formula is C68H131NO5. The van der Waals surface area contributed by atoms with Crippen molar-refractivity contribution in [1.29, 1.82) is 0 Å². The van der Waals surface area contributed by atoms with Gasteiger partial charge in [0, 0.05) is 12.8 Å². The van der Waals surface area contributed by atoms with Gasteiger partial charge in [-0.25, -0.2) is 0 Å². The maximum atomic E-state index is 12.5.